The largest absolute Gasteiger partial charge is 0.481 e. The van der Waals surface area contributed by atoms with Gasteiger partial charge in [0.1, 0.15) is 28.7 Å². The van der Waals surface area contributed by atoms with Gasteiger partial charge in [-0.05, 0) is 49.1 Å². The van der Waals surface area contributed by atoms with Gasteiger partial charge < -0.3 is 15.0 Å². The molecule has 1 atom stereocenters. The van der Waals surface area contributed by atoms with Crippen molar-refractivity contribution < 1.29 is 18.3 Å². The van der Waals surface area contributed by atoms with Gasteiger partial charge >= 0.3 is 0 Å². The molecule has 1 unspecified atom stereocenters. The van der Waals surface area contributed by atoms with Crippen molar-refractivity contribution in [3.8, 4) is 5.75 Å². The maximum absolute atomic E-state index is 13.7. The number of hydrogen-bond acceptors (Lipinski definition) is 4. The molecule has 1 saturated heterocycles. The monoisotopic (exact) mass is 411 g/mol. The lowest BCUT2D eigenvalue weighted by Crippen LogP contribution is -2.34. The molecule has 1 N–H and O–H groups in total. The van der Waals surface area contributed by atoms with Crippen molar-refractivity contribution in [3.05, 3.63) is 60.2 Å². The van der Waals surface area contributed by atoms with Crippen molar-refractivity contribution in [2.75, 3.05) is 29.9 Å². The first kappa shape index (κ1) is 20.1. The molecule has 1 fully saturated rings. The number of pyridine rings is 1. The van der Waals surface area contributed by atoms with Crippen LogP contribution in [0.1, 0.15) is 19.8 Å². The highest BCUT2D eigenvalue weighted by molar-refractivity contribution is 5.92. The average Bonchev–Trinajstić information content (AvgIpc) is 2.74. The summed E-state index contributed by atoms with van der Waals surface area (Å²) >= 11 is 0. The van der Waals surface area contributed by atoms with Crippen molar-refractivity contribution in [1.82, 2.24) is 4.98 Å². The maximum Gasteiger partial charge on any atom is 0.262 e. The Labute approximate surface area is 173 Å². The third-order valence-electron chi connectivity index (χ3n) is 5.21. The summed E-state index contributed by atoms with van der Waals surface area (Å²) in [4.78, 5) is 19.2. The molecular weight excluding hydrogens is 388 g/mol. The molecule has 156 valence electrons. The molecule has 5 nitrogen and oxygen atoms in total. The lowest BCUT2D eigenvalue weighted by Gasteiger charge is -2.32. The Morgan fingerprint density at radius 1 is 1.23 bits per heavy atom. The van der Waals surface area contributed by atoms with E-state index in [-0.39, 0.29) is 12.3 Å². The number of nitrogens with zero attached hydrogens (tertiary/aromatic N) is 2. The van der Waals surface area contributed by atoms with E-state index in [1.807, 2.05) is 24.3 Å². The second-order valence-corrected chi connectivity index (χ2v) is 7.65. The van der Waals surface area contributed by atoms with Crippen LogP contribution >= 0.6 is 0 Å². The van der Waals surface area contributed by atoms with E-state index in [9.17, 15) is 13.6 Å². The summed E-state index contributed by atoms with van der Waals surface area (Å²) in [5, 5.41) is 3.30. The molecule has 3 aromatic rings. The Morgan fingerprint density at radius 3 is 2.90 bits per heavy atom. The zero-order chi connectivity index (χ0) is 21.1. The van der Waals surface area contributed by atoms with Crippen LogP contribution in [0, 0.1) is 17.6 Å². The lowest BCUT2D eigenvalue weighted by atomic mass is 10.0. The normalized spacial score (nSPS) is 16.5. The van der Waals surface area contributed by atoms with Crippen LogP contribution in [-0.4, -0.2) is 30.6 Å². The Balaban J connectivity index is 1.49. The van der Waals surface area contributed by atoms with E-state index in [1.54, 1.807) is 6.07 Å². The first-order valence-electron chi connectivity index (χ1n) is 10.0. The summed E-state index contributed by atoms with van der Waals surface area (Å²) in [6.07, 6.45) is 2.36. The molecule has 0 spiro atoms. The van der Waals surface area contributed by atoms with Gasteiger partial charge in [0.25, 0.3) is 5.91 Å². The lowest BCUT2D eigenvalue weighted by molar-refractivity contribution is -0.118. The predicted octanol–water partition coefficient (Wildman–Crippen LogP) is 4.77. The fourth-order valence-electron chi connectivity index (χ4n) is 3.72. The zero-order valence-electron chi connectivity index (χ0n) is 16.7. The number of rotatable bonds is 5. The van der Waals surface area contributed by atoms with Crippen LogP contribution in [-0.2, 0) is 4.79 Å². The van der Waals surface area contributed by atoms with E-state index in [4.69, 9.17) is 9.72 Å². The van der Waals surface area contributed by atoms with Crippen molar-refractivity contribution in [2.45, 2.75) is 19.8 Å². The minimum Gasteiger partial charge on any atom is -0.481 e. The highest BCUT2D eigenvalue weighted by Crippen LogP contribution is 2.28. The molecule has 1 aliphatic rings. The molecule has 0 saturated carbocycles. The van der Waals surface area contributed by atoms with Crippen LogP contribution in [0.4, 0.5) is 20.3 Å². The second-order valence-electron chi connectivity index (χ2n) is 7.65. The van der Waals surface area contributed by atoms with Gasteiger partial charge in [-0.3, -0.25) is 4.79 Å². The number of ether oxygens (including phenoxy) is 1. The fraction of sp³-hybridized carbons (Fsp3) is 0.304. The van der Waals surface area contributed by atoms with E-state index in [1.165, 1.54) is 12.5 Å². The summed E-state index contributed by atoms with van der Waals surface area (Å²) < 4.78 is 32.4. The molecule has 1 amide bonds. The third-order valence-corrected chi connectivity index (χ3v) is 5.21. The number of benzene rings is 2. The molecule has 30 heavy (non-hydrogen) atoms. The minimum absolute atomic E-state index is 0.0949. The van der Waals surface area contributed by atoms with E-state index in [0.717, 1.165) is 36.8 Å². The van der Waals surface area contributed by atoms with Crippen LogP contribution < -0.4 is 15.0 Å². The van der Waals surface area contributed by atoms with Crippen LogP contribution in [0.2, 0.25) is 0 Å². The number of carbonyl (C=O) groups is 1. The van der Waals surface area contributed by atoms with E-state index in [2.05, 4.69) is 17.1 Å². The number of amides is 1. The van der Waals surface area contributed by atoms with Crippen molar-refractivity contribution in [3.63, 3.8) is 0 Å². The van der Waals surface area contributed by atoms with Crippen LogP contribution in [0.5, 0.6) is 5.75 Å². The Morgan fingerprint density at radius 2 is 2.10 bits per heavy atom. The highest BCUT2D eigenvalue weighted by Gasteiger charge is 2.18. The number of aromatic nitrogens is 1. The summed E-state index contributed by atoms with van der Waals surface area (Å²) in [6, 6.07) is 12.5. The molecule has 0 radical (unpaired) electrons. The second kappa shape index (κ2) is 8.65. The van der Waals surface area contributed by atoms with Crippen LogP contribution in [0.15, 0.2) is 48.5 Å². The number of nitrogens with one attached hydrogen (secondary N) is 1. The number of para-hydroxylation sites is 1. The number of piperidine rings is 1. The predicted molar refractivity (Wildman–Crippen MR) is 113 cm³/mol. The first-order chi connectivity index (χ1) is 14.5. The summed E-state index contributed by atoms with van der Waals surface area (Å²) in [5.74, 6) is -0.0908. The molecule has 2 aromatic carbocycles. The molecule has 1 aromatic heterocycles. The van der Waals surface area contributed by atoms with Crippen molar-refractivity contribution in [1.29, 1.82) is 0 Å². The van der Waals surface area contributed by atoms with E-state index in [0.29, 0.717) is 23.3 Å². The molecule has 4 rings (SSSR count). The summed E-state index contributed by atoms with van der Waals surface area (Å²) in [6.45, 7) is 3.86. The number of fused-ring (bicyclic) bond motifs is 1. The van der Waals surface area contributed by atoms with Crippen molar-refractivity contribution >= 4 is 28.3 Å². The number of hydrogen-bond donors (Lipinski definition) is 1. The molecule has 2 heterocycles. The average molecular weight is 411 g/mol. The maximum atomic E-state index is 13.7. The van der Waals surface area contributed by atoms with Crippen LogP contribution in [0.3, 0.4) is 0 Å². The Kier molecular flexibility index (Phi) is 5.79. The van der Waals surface area contributed by atoms with Gasteiger partial charge in [0, 0.05) is 24.5 Å². The standard InChI is InChI=1S/C23H23F2N3O2/c1-15-4-3-11-28(13-15)21-10-7-16-5-2-6-20(23(16)27-21)30-14-22(29)26-19-9-8-17(24)12-18(19)25/h2,5-10,12,15H,3-4,11,13-14H2,1H3,(H,26,29). The van der Waals surface area contributed by atoms with Gasteiger partial charge in [-0.25, -0.2) is 13.8 Å². The summed E-state index contributed by atoms with van der Waals surface area (Å²) in [5.41, 5.74) is 0.580. The SMILES string of the molecule is CC1CCCN(c2ccc3cccc(OCC(=O)Nc4ccc(F)cc4F)c3n2)C1. The molecule has 1 aliphatic heterocycles. The molecule has 0 bridgehead atoms. The highest BCUT2D eigenvalue weighted by atomic mass is 19.1. The van der Waals surface area contributed by atoms with E-state index >= 15 is 0 Å². The molecule has 7 heteroatoms. The fourth-order valence-corrected chi connectivity index (χ4v) is 3.72. The first-order valence-corrected chi connectivity index (χ1v) is 10.0. The number of halogens is 2. The van der Waals surface area contributed by atoms with Gasteiger partial charge in [-0.2, -0.15) is 0 Å². The summed E-state index contributed by atoms with van der Waals surface area (Å²) in [7, 11) is 0. The zero-order valence-corrected chi connectivity index (χ0v) is 16.7. The van der Waals surface area contributed by atoms with E-state index < -0.39 is 17.5 Å². The third kappa shape index (κ3) is 4.50. The number of anilines is 2. The molecular formula is C23H23F2N3O2. The van der Waals surface area contributed by atoms with Gasteiger partial charge in [-0.15, -0.1) is 0 Å². The molecule has 0 aliphatic carbocycles. The van der Waals surface area contributed by atoms with Gasteiger partial charge in [0.2, 0.25) is 0 Å². The van der Waals surface area contributed by atoms with Gasteiger partial charge in [0.05, 0.1) is 5.69 Å². The smallest absolute Gasteiger partial charge is 0.262 e. The van der Waals surface area contributed by atoms with Crippen molar-refractivity contribution in [2.24, 2.45) is 5.92 Å². The topological polar surface area (TPSA) is 54.5 Å². The minimum atomic E-state index is -0.837. The number of carbonyl (C=O) groups excluding carboxylic acids is 1. The van der Waals surface area contributed by atoms with Gasteiger partial charge in [-0.1, -0.05) is 19.1 Å². The van der Waals surface area contributed by atoms with Crippen LogP contribution in [0.25, 0.3) is 10.9 Å². The Hall–Kier alpha value is -3.22. The Bertz CT molecular complexity index is 1070. The van der Waals surface area contributed by atoms with Gasteiger partial charge in [0.15, 0.2) is 6.61 Å². The quantitative estimate of drug-likeness (QED) is 0.657.